The van der Waals surface area contributed by atoms with Crippen LogP contribution in [-0.2, 0) is 24.3 Å². The molecule has 1 aliphatic rings. The average Bonchev–Trinajstić information content (AvgIpc) is 3.07. The van der Waals surface area contributed by atoms with Crippen molar-refractivity contribution in [3.05, 3.63) is 41.7 Å². The van der Waals surface area contributed by atoms with E-state index in [9.17, 15) is 4.79 Å². The van der Waals surface area contributed by atoms with Gasteiger partial charge < -0.3 is 10.2 Å². The van der Waals surface area contributed by atoms with Crippen molar-refractivity contribution in [1.29, 1.82) is 0 Å². The Hall–Kier alpha value is -2.28. The summed E-state index contributed by atoms with van der Waals surface area (Å²) >= 11 is 0. The smallest absolute Gasteiger partial charge is 0.222 e. The van der Waals surface area contributed by atoms with Gasteiger partial charge in [0, 0.05) is 25.4 Å². The topological polar surface area (TPSA) is 75.9 Å². The fourth-order valence-electron chi connectivity index (χ4n) is 3.22. The molecule has 0 aromatic carbocycles. The highest BCUT2D eigenvalue weighted by molar-refractivity contribution is 5.75. The van der Waals surface area contributed by atoms with E-state index in [1.165, 1.54) is 25.9 Å². The number of piperidine rings is 1. The summed E-state index contributed by atoms with van der Waals surface area (Å²) in [7, 11) is 2.18. The van der Waals surface area contributed by atoms with Gasteiger partial charge in [-0.15, -0.1) is 0 Å². The lowest BCUT2D eigenvalue weighted by molar-refractivity contribution is -0.121. The van der Waals surface area contributed by atoms with Gasteiger partial charge in [-0.1, -0.05) is 0 Å². The molecule has 0 bridgehead atoms. The van der Waals surface area contributed by atoms with Crippen LogP contribution in [0, 0.1) is 12.8 Å². The van der Waals surface area contributed by atoms with E-state index in [1.54, 1.807) is 10.9 Å². The highest BCUT2D eigenvalue weighted by Gasteiger charge is 2.17. The SMILES string of the molecule is Cc1ccn(CCC(=O)NCc2cnc(CC3CCN(C)CC3)cn2)n1. The highest BCUT2D eigenvalue weighted by Crippen LogP contribution is 2.19. The summed E-state index contributed by atoms with van der Waals surface area (Å²) in [6, 6.07) is 1.93. The standard InChI is InChI=1S/C19H28N6O/c1-15-3-9-25(23-15)10-6-19(26)22-14-18-13-20-17(12-21-18)11-16-4-7-24(2)8-5-16/h3,9,12-13,16H,4-8,10-11,14H2,1-2H3,(H,22,26). The van der Waals surface area contributed by atoms with Crippen LogP contribution in [0.4, 0.5) is 0 Å². The van der Waals surface area contributed by atoms with E-state index in [0.29, 0.717) is 25.4 Å². The largest absolute Gasteiger partial charge is 0.350 e. The molecule has 0 atom stereocenters. The van der Waals surface area contributed by atoms with Gasteiger partial charge in [0.1, 0.15) is 0 Å². The maximum atomic E-state index is 11.9. The zero-order valence-corrected chi connectivity index (χ0v) is 15.7. The molecule has 0 unspecified atom stereocenters. The number of nitrogens with one attached hydrogen (secondary N) is 1. The van der Waals surface area contributed by atoms with Crippen LogP contribution >= 0.6 is 0 Å². The lowest BCUT2D eigenvalue weighted by atomic mass is 9.92. The van der Waals surface area contributed by atoms with Crippen molar-refractivity contribution < 1.29 is 4.79 Å². The van der Waals surface area contributed by atoms with Crippen molar-refractivity contribution in [1.82, 2.24) is 30.0 Å². The third kappa shape index (κ3) is 5.62. The van der Waals surface area contributed by atoms with Gasteiger partial charge in [0.15, 0.2) is 0 Å². The number of aryl methyl sites for hydroxylation is 2. The van der Waals surface area contributed by atoms with Crippen molar-refractivity contribution in [2.24, 2.45) is 5.92 Å². The lowest BCUT2D eigenvalue weighted by Gasteiger charge is -2.28. The van der Waals surface area contributed by atoms with E-state index in [0.717, 1.165) is 23.5 Å². The molecule has 0 radical (unpaired) electrons. The van der Waals surface area contributed by atoms with Crippen molar-refractivity contribution in [3.8, 4) is 0 Å². The first-order valence-corrected chi connectivity index (χ1v) is 9.33. The summed E-state index contributed by atoms with van der Waals surface area (Å²) in [4.78, 5) is 23.3. The van der Waals surface area contributed by atoms with E-state index in [1.807, 2.05) is 25.4 Å². The van der Waals surface area contributed by atoms with Crippen LogP contribution < -0.4 is 5.32 Å². The Kier molecular flexibility index (Phi) is 6.33. The second kappa shape index (κ2) is 8.89. The maximum absolute atomic E-state index is 11.9. The van der Waals surface area contributed by atoms with Crippen molar-refractivity contribution in [2.75, 3.05) is 20.1 Å². The second-order valence-electron chi connectivity index (χ2n) is 7.20. The number of aromatic nitrogens is 4. The van der Waals surface area contributed by atoms with Crippen molar-refractivity contribution in [3.63, 3.8) is 0 Å². The first-order valence-electron chi connectivity index (χ1n) is 9.33. The Labute approximate surface area is 154 Å². The summed E-state index contributed by atoms with van der Waals surface area (Å²) in [5, 5.41) is 7.17. The van der Waals surface area contributed by atoms with Gasteiger partial charge in [0.2, 0.25) is 5.91 Å². The van der Waals surface area contributed by atoms with Crippen LogP contribution in [0.1, 0.15) is 36.3 Å². The molecule has 2 aromatic heterocycles. The fraction of sp³-hybridized carbons (Fsp3) is 0.579. The molecule has 3 heterocycles. The summed E-state index contributed by atoms with van der Waals surface area (Å²) in [5.74, 6) is 0.701. The predicted octanol–water partition coefficient (Wildman–Crippen LogP) is 1.57. The molecule has 7 nitrogen and oxygen atoms in total. The number of amides is 1. The van der Waals surface area contributed by atoms with Crippen LogP contribution in [-0.4, -0.2) is 50.7 Å². The monoisotopic (exact) mass is 356 g/mol. The Bertz CT molecular complexity index is 703. The summed E-state index contributed by atoms with van der Waals surface area (Å²) < 4.78 is 1.78. The molecule has 0 aliphatic carbocycles. The maximum Gasteiger partial charge on any atom is 0.222 e. The third-order valence-electron chi connectivity index (χ3n) is 4.90. The zero-order valence-electron chi connectivity index (χ0n) is 15.7. The summed E-state index contributed by atoms with van der Waals surface area (Å²) in [5.41, 5.74) is 2.80. The van der Waals surface area contributed by atoms with E-state index in [-0.39, 0.29) is 5.91 Å². The minimum Gasteiger partial charge on any atom is -0.350 e. The molecule has 2 aromatic rings. The quantitative estimate of drug-likeness (QED) is 0.815. The number of carbonyl (C=O) groups is 1. The number of hydrogen-bond acceptors (Lipinski definition) is 5. The third-order valence-corrected chi connectivity index (χ3v) is 4.90. The van der Waals surface area contributed by atoms with Gasteiger partial charge in [0.05, 0.1) is 29.8 Å². The van der Waals surface area contributed by atoms with Crippen LogP contribution in [0.2, 0.25) is 0 Å². The number of hydrogen-bond donors (Lipinski definition) is 1. The Balaban J connectivity index is 1.39. The van der Waals surface area contributed by atoms with Gasteiger partial charge in [-0.2, -0.15) is 5.10 Å². The molecule has 1 aliphatic heterocycles. The minimum atomic E-state index is -0.00430. The Morgan fingerprint density at radius 1 is 1.23 bits per heavy atom. The Morgan fingerprint density at radius 3 is 2.62 bits per heavy atom. The molecule has 0 spiro atoms. The molecule has 7 heteroatoms. The minimum absolute atomic E-state index is 0.00430. The normalized spacial score (nSPS) is 15.9. The summed E-state index contributed by atoms with van der Waals surface area (Å²) in [6.07, 6.45) is 9.38. The Morgan fingerprint density at radius 2 is 1.96 bits per heavy atom. The van der Waals surface area contributed by atoms with Gasteiger partial charge in [-0.05, 0) is 58.3 Å². The van der Waals surface area contributed by atoms with E-state index in [4.69, 9.17) is 0 Å². The first kappa shape index (κ1) is 18.5. The fourth-order valence-corrected chi connectivity index (χ4v) is 3.22. The van der Waals surface area contributed by atoms with Gasteiger partial charge in [-0.3, -0.25) is 19.4 Å². The number of nitrogens with zero attached hydrogens (tertiary/aromatic N) is 5. The molecular weight excluding hydrogens is 328 g/mol. The molecule has 0 saturated carbocycles. The molecule has 1 amide bonds. The zero-order chi connectivity index (χ0) is 18.4. The molecule has 140 valence electrons. The van der Waals surface area contributed by atoms with E-state index < -0.39 is 0 Å². The number of likely N-dealkylation sites (tertiary alicyclic amines) is 1. The van der Waals surface area contributed by atoms with Gasteiger partial charge in [0.25, 0.3) is 0 Å². The predicted molar refractivity (Wildman–Crippen MR) is 99.4 cm³/mol. The number of rotatable bonds is 7. The lowest BCUT2D eigenvalue weighted by Crippen LogP contribution is -2.31. The highest BCUT2D eigenvalue weighted by atomic mass is 16.1. The van der Waals surface area contributed by atoms with Crippen LogP contribution in [0.25, 0.3) is 0 Å². The van der Waals surface area contributed by atoms with Gasteiger partial charge >= 0.3 is 0 Å². The second-order valence-corrected chi connectivity index (χ2v) is 7.20. The molecule has 26 heavy (non-hydrogen) atoms. The van der Waals surface area contributed by atoms with E-state index >= 15 is 0 Å². The summed E-state index contributed by atoms with van der Waals surface area (Å²) in [6.45, 7) is 5.27. The van der Waals surface area contributed by atoms with Crippen molar-refractivity contribution in [2.45, 2.75) is 45.7 Å². The average molecular weight is 356 g/mol. The van der Waals surface area contributed by atoms with E-state index in [2.05, 4.69) is 32.3 Å². The van der Waals surface area contributed by atoms with Crippen LogP contribution in [0.5, 0.6) is 0 Å². The molecule has 1 saturated heterocycles. The number of carbonyl (C=O) groups excluding carboxylic acids is 1. The van der Waals surface area contributed by atoms with Crippen molar-refractivity contribution >= 4 is 5.91 Å². The van der Waals surface area contributed by atoms with Gasteiger partial charge in [-0.25, -0.2) is 0 Å². The first-order chi connectivity index (χ1) is 12.6. The molecular formula is C19H28N6O. The van der Waals surface area contributed by atoms with Crippen LogP contribution in [0.3, 0.4) is 0 Å². The molecule has 3 rings (SSSR count). The van der Waals surface area contributed by atoms with Crippen LogP contribution in [0.15, 0.2) is 24.7 Å². The molecule has 1 N–H and O–H groups in total. The molecule has 1 fully saturated rings.